The number of carbonyl (C=O) groups excluding carboxylic acids is 6. The smallest absolute Gasteiger partial charge is 0.253 e. The van der Waals surface area contributed by atoms with Crippen LogP contribution in [0.3, 0.4) is 0 Å². The Hall–Kier alpha value is -6.85. The Labute approximate surface area is 444 Å². The normalized spacial score (nSPS) is 19.4. The standard InChI is InChI=1S/C53H62N10O9S3/c1-33-45(74-32-57-33)36-15-13-34(14-16-36)24-54-49(69)41-22-40(64)29-63(41)50(70)46(52(2,3)4)59-43(65)18-20-61-26-39(27-61)48(68)56-31-53(19-9-12-37(23-53)35-10-7-6-8-11-35)42-30-73-51(58-42)60-44(66)25-55-47(67)38-17-21-62(28-38)75(5,71)72/h6-17,19,21,28,30,32,39-41,46,64H,18,20,22-27,29,31H2,1-5H3,(H,54,69)(H,55,67)(H,56,68)(H,59,65)(H,58,60,66)/t40-,41+,46?,53?/m1/s1. The van der Waals surface area contributed by atoms with Crippen molar-refractivity contribution in [3.05, 3.63) is 130 Å². The third-order valence-corrected chi connectivity index (χ3v) is 16.3. The molecule has 5 heterocycles. The fraction of sp³-hybridized carbons (Fsp3) is 0.396. The maximum absolute atomic E-state index is 14.2. The second kappa shape index (κ2) is 23.0. The molecule has 4 atom stereocenters. The summed E-state index contributed by atoms with van der Waals surface area (Å²) >= 11 is 2.76. The zero-order valence-electron chi connectivity index (χ0n) is 42.4. The summed E-state index contributed by atoms with van der Waals surface area (Å²) < 4.78 is 24.5. The van der Waals surface area contributed by atoms with E-state index in [0.717, 1.165) is 43.1 Å². The number of nitrogens with one attached hydrogen (secondary N) is 5. The minimum Gasteiger partial charge on any atom is -0.391 e. The molecule has 22 heteroatoms. The van der Waals surface area contributed by atoms with E-state index in [1.165, 1.54) is 34.7 Å². The lowest BCUT2D eigenvalue weighted by atomic mass is 9.74. The SMILES string of the molecule is Cc1ncsc1-c1ccc(CNC(=O)[C@@H]2C[C@@H](O)CN2C(=O)C(NC(=O)CCN2CC(C(=O)NCC3(c4csc(NC(=O)CNC(=O)c5ccn(S(C)(=O)=O)c5)n4)C=CC=C(c4ccccc4)C3)C2)C(C)(C)C)cc1. The Morgan fingerprint density at radius 3 is 2.33 bits per heavy atom. The summed E-state index contributed by atoms with van der Waals surface area (Å²) in [6.07, 6.45) is 9.12. The molecule has 3 aromatic heterocycles. The van der Waals surface area contributed by atoms with Crippen molar-refractivity contribution in [2.24, 2.45) is 11.3 Å². The largest absolute Gasteiger partial charge is 0.391 e. The third kappa shape index (κ3) is 13.3. The van der Waals surface area contributed by atoms with Gasteiger partial charge in [0.15, 0.2) is 5.13 Å². The van der Waals surface area contributed by atoms with Gasteiger partial charge in [-0.3, -0.25) is 32.7 Å². The molecule has 0 saturated carbocycles. The second-order valence-electron chi connectivity index (χ2n) is 20.4. The molecule has 0 bridgehead atoms. The fourth-order valence-corrected chi connectivity index (χ4v) is 11.6. The Kier molecular flexibility index (Phi) is 16.7. The Morgan fingerprint density at radius 2 is 1.65 bits per heavy atom. The molecule has 8 rings (SSSR count). The first-order valence-corrected chi connectivity index (χ1v) is 28.2. The first-order valence-electron chi connectivity index (χ1n) is 24.6. The van der Waals surface area contributed by atoms with E-state index in [9.17, 15) is 42.3 Å². The van der Waals surface area contributed by atoms with Crippen LogP contribution in [0.4, 0.5) is 5.13 Å². The maximum Gasteiger partial charge on any atom is 0.253 e. The van der Waals surface area contributed by atoms with Gasteiger partial charge in [0.05, 0.1) is 57.6 Å². The lowest BCUT2D eigenvalue weighted by Crippen LogP contribution is -2.58. The number of likely N-dealkylation sites (tertiary alicyclic amines) is 2. The van der Waals surface area contributed by atoms with E-state index in [1.807, 2.05) is 111 Å². The van der Waals surface area contributed by atoms with Crippen molar-refractivity contribution < 1.29 is 42.3 Å². The third-order valence-electron chi connectivity index (χ3n) is 13.6. The van der Waals surface area contributed by atoms with Crippen LogP contribution in [-0.2, 0) is 46.0 Å². The molecule has 5 aromatic rings. The zero-order chi connectivity index (χ0) is 53.7. The van der Waals surface area contributed by atoms with Crippen molar-refractivity contribution in [1.82, 2.24) is 45.0 Å². The van der Waals surface area contributed by atoms with E-state index in [0.29, 0.717) is 31.7 Å². The van der Waals surface area contributed by atoms with Crippen LogP contribution in [-0.4, -0.2) is 136 Å². The van der Waals surface area contributed by atoms with Gasteiger partial charge in [-0.15, -0.1) is 22.7 Å². The summed E-state index contributed by atoms with van der Waals surface area (Å²) in [7, 11) is -3.58. The maximum atomic E-state index is 14.2. The van der Waals surface area contributed by atoms with Gasteiger partial charge >= 0.3 is 0 Å². The molecular formula is C53H62N10O9S3. The summed E-state index contributed by atoms with van der Waals surface area (Å²) in [5, 5.41) is 27.0. The number of hydrogen-bond acceptors (Lipinski definition) is 14. The monoisotopic (exact) mass is 1080 g/mol. The average molecular weight is 1080 g/mol. The highest BCUT2D eigenvalue weighted by Crippen LogP contribution is 2.40. The molecule has 0 spiro atoms. The lowest BCUT2D eigenvalue weighted by Gasteiger charge is -2.39. The van der Waals surface area contributed by atoms with Crippen LogP contribution in [0.25, 0.3) is 16.0 Å². The molecule has 396 valence electrons. The van der Waals surface area contributed by atoms with Gasteiger partial charge in [-0.1, -0.05) is 93.6 Å². The number of nitrogens with zero attached hydrogens (tertiary/aromatic N) is 5. The van der Waals surface area contributed by atoms with E-state index in [-0.39, 0.29) is 73.4 Å². The van der Waals surface area contributed by atoms with Gasteiger partial charge in [0.25, 0.3) is 5.91 Å². The van der Waals surface area contributed by atoms with Gasteiger partial charge < -0.3 is 41.5 Å². The van der Waals surface area contributed by atoms with Crippen LogP contribution in [0.2, 0.25) is 0 Å². The first-order chi connectivity index (χ1) is 35.7. The quantitative estimate of drug-likeness (QED) is 0.0685. The number of amides is 6. The van der Waals surface area contributed by atoms with Crippen molar-refractivity contribution in [2.45, 2.75) is 77.1 Å². The molecule has 1 aliphatic carbocycles. The predicted octanol–water partition coefficient (Wildman–Crippen LogP) is 4.08. The fourth-order valence-electron chi connectivity index (χ4n) is 9.33. The minimum absolute atomic E-state index is 0.0383. The van der Waals surface area contributed by atoms with Gasteiger partial charge in [-0.2, -0.15) is 0 Å². The van der Waals surface area contributed by atoms with Crippen LogP contribution in [0, 0.1) is 18.3 Å². The molecule has 3 aliphatic rings. The first kappa shape index (κ1) is 54.4. The van der Waals surface area contributed by atoms with Gasteiger partial charge in [0, 0.05) is 69.9 Å². The highest BCUT2D eigenvalue weighted by molar-refractivity contribution is 7.89. The molecule has 6 amide bonds. The highest BCUT2D eigenvalue weighted by Gasteiger charge is 2.45. The minimum atomic E-state index is -3.58. The molecule has 2 saturated heterocycles. The number of benzene rings is 2. The van der Waals surface area contributed by atoms with Gasteiger partial charge in [0.2, 0.25) is 39.6 Å². The van der Waals surface area contributed by atoms with E-state index in [4.69, 9.17) is 4.98 Å². The second-order valence-corrected chi connectivity index (χ2v) is 24.0. The van der Waals surface area contributed by atoms with Gasteiger partial charge in [0.1, 0.15) is 12.1 Å². The summed E-state index contributed by atoms with van der Waals surface area (Å²) in [5.41, 5.74) is 5.89. The van der Waals surface area contributed by atoms with Crippen molar-refractivity contribution in [2.75, 3.05) is 50.8 Å². The van der Waals surface area contributed by atoms with Crippen molar-refractivity contribution in [3.63, 3.8) is 0 Å². The van der Waals surface area contributed by atoms with Crippen molar-refractivity contribution in [1.29, 1.82) is 0 Å². The highest BCUT2D eigenvalue weighted by atomic mass is 32.2. The van der Waals surface area contributed by atoms with Crippen LogP contribution in [0.5, 0.6) is 0 Å². The Bertz CT molecular complexity index is 3100. The molecule has 2 aromatic carbocycles. The number of hydrogen-bond donors (Lipinski definition) is 6. The van der Waals surface area contributed by atoms with Crippen LogP contribution in [0.15, 0.2) is 102 Å². The molecule has 6 N–H and O–H groups in total. The summed E-state index contributed by atoms with van der Waals surface area (Å²) in [5.74, 6) is -2.85. The molecule has 2 fully saturated rings. The van der Waals surface area contributed by atoms with Crippen LogP contribution >= 0.6 is 22.7 Å². The Morgan fingerprint density at radius 1 is 0.907 bits per heavy atom. The number of aromatic nitrogens is 3. The molecule has 19 nitrogen and oxygen atoms in total. The summed E-state index contributed by atoms with van der Waals surface area (Å²) in [6, 6.07) is 17.1. The number of aliphatic hydroxyl groups excluding tert-OH is 1. The topological polar surface area (TPSA) is 254 Å². The summed E-state index contributed by atoms with van der Waals surface area (Å²) in [4.78, 5) is 94.2. The zero-order valence-corrected chi connectivity index (χ0v) is 44.8. The van der Waals surface area contributed by atoms with Crippen molar-refractivity contribution in [3.8, 4) is 10.4 Å². The number of aryl methyl sites for hydroxylation is 1. The Balaban J connectivity index is 0.823. The molecular weight excluding hydrogens is 1020 g/mol. The molecule has 2 unspecified atom stereocenters. The number of rotatable bonds is 19. The van der Waals surface area contributed by atoms with E-state index in [1.54, 1.807) is 16.8 Å². The molecule has 75 heavy (non-hydrogen) atoms. The van der Waals surface area contributed by atoms with Gasteiger partial charge in [-0.05, 0) is 47.1 Å². The predicted molar refractivity (Wildman–Crippen MR) is 287 cm³/mol. The van der Waals surface area contributed by atoms with Gasteiger partial charge in [-0.25, -0.2) is 18.4 Å². The molecule has 0 radical (unpaired) electrons. The number of aliphatic hydroxyl groups is 1. The number of anilines is 1. The van der Waals surface area contributed by atoms with Crippen LogP contribution in [0.1, 0.15) is 72.9 Å². The number of thiazole rings is 2. The van der Waals surface area contributed by atoms with E-state index >= 15 is 0 Å². The summed E-state index contributed by atoms with van der Waals surface area (Å²) in [6.45, 7) is 8.67. The van der Waals surface area contributed by atoms with Crippen molar-refractivity contribution >= 4 is 78.8 Å². The van der Waals surface area contributed by atoms with Crippen LogP contribution < -0.4 is 26.6 Å². The number of β-amino-alcohol motifs (C(OH)–C–C–N with tert-alkyl or cyclic N) is 1. The van der Waals surface area contributed by atoms with E-state index < -0.39 is 56.8 Å². The average Bonchev–Trinajstić information content (AvgIpc) is 4.21. The number of allylic oxidation sites excluding steroid dienone is 3. The lowest BCUT2D eigenvalue weighted by molar-refractivity contribution is -0.144. The molecule has 2 aliphatic heterocycles. The number of carbonyl (C=O) groups is 6. The van der Waals surface area contributed by atoms with E-state index in [2.05, 4.69) is 31.6 Å².